The number of nitro benzene ring substituents is 1. The van der Waals surface area contributed by atoms with Crippen molar-refractivity contribution in [2.75, 3.05) is 5.32 Å². The Morgan fingerprint density at radius 2 is 1.82 bits per heavy atom. The van der Waals surface area contributed by atoms with E-state index in [9.17, 15) is 19.7 Å². The van der Waals surface area contributed by atoms with E-state index in [1.54, 1.807) is 34.9 Å². The first-order chi connectivity index (χ1) is 15.9. The number of nitrogens with zero attached hydrogens (tertiary/aromatic N) is 3. The number of hydrogen-bond acceptors (Lipinski definition) is 6. The first-order valence-electron chi connectivity index (χ1n) is 9.81. The van der Waals surface area contributed by atoms with E-state index in [1.807, 2.05) is 24.3 Å². The largest absolute Gasteiger partial charge is 0.446 e. The molecule has 1 N–H and O–H groups in total. The summed E-state index contributed by atoms with van der Waals surface area (Å²) in [6.07, 6.45) is 0.313. The Labute approximate surface area is 196 Å². The van der Waals surface area contributed by atoms with E-state index >= 15 is 0 Å². The number of hydrogen-bond donors (Lipinski definition) is 1. The molecule has 0 aliphatic carbocycles. The summed E-state index contributed by atoms with van der Waals surface area (Å²) in [5.74, 6) is -1.22. The van der Waals surface area contributed by atoms with Crippen molar-refractivity contribution in [2.45, 2.75) is 12.6 Å². The molecule has 0 saturated heterocycles. The zero-order chi connectivity index (χ0) is 23.4. The summed E-state index contributed by atoms with van der Waals surface area (Å²) in [5, 5.41) is 13.6. The molecule has 0 fully saturated rings. The van der Waals surface area contributed by atoms with Crippen LogP contribution in [0.25, 0.3) is 11.0 Å². The number of rotatable bonds is 7. The van der Waals surface area contributed by atoms with Crippen molar-refractivity contribution < 1.29 is 19.2 Å². The number of ether oxygens (including phenoxy) is 1. The highest BCUT2D eigenvalue weighted by Crippen LogP contribution is 2.29. The number of anilines is 1. The van der Waals surface area contributed by atoms with Gasteiger partial charge < -0.3 is 14.6 Å². The number of esters is 1. The molecular weight excluding hydrogens is 492 g/mol. The van der Waals surface area contributed by atoms with Crippen molar-refractivity contribution in [2.24, 2.45) is 0 Å². The molecule has 33 heavy (non-hydrogen) atoms. The average molecular weight is 509 g/mol. The van der Waals surface area contributed by atoms with Gasteiger partial charge in [0.25, 0.3) is 11.6 Å². The van der Waals surface area contributed by atoms with Crippen molar-refractivity contribution in [3.63, 3.8) is 0 Å². The molecular formula is C23H17BrN4O5. The number of nitrogens with one attached hydrogen (secondary N) is 1. The third kappa shape index (κ3) is 5.07. The Bertz CT molecular complexity index is 1340. The maximum atomic E-state index is 13.1. The molecule has 0 spiro atoms. The number of non-ortho nitro benzene ring substituents is 1. The number of benzene rings is 3. The van der Waals surface area contributed by atoms with E-state index in [0.717, 1.165) is 11.0 Å². The summed E-state index contributed by atoms with van der Waals surface area (Å²) in [4.78, 5) is 40.5. The van der Waals surface area contributed by atoms with Gasteiger partial charge in [0.2, 0.25) is 6.10 Å². The Morgan fingerprint density at radius 1 is 1.09 bits per heavy atom. The fourth-order valence-corrected chi connectivity index (χ4v) is 3.73. The molecule has 0 aliphatic rings. The van der Waals surface area contributed by atoms with Gasteiger partial charge in [0, 0.05) is 22.2 Å². The Hall–Kier alpha value is -4.05. The van der Waals surface area contributed by atoms with Crippen LogP contribution in [0, 0.1) is 10.1 Å². The molecule has 1 atom stereocenters. The standard InChI is InChI=1S/C23H17BrN4O5/c24-17-12-16(28(31)32)10-11-18(17)26-23(30)22(15-6-2-1-3-7-15)33-21(29)13-27-14-25-19-8-4-5-9-20(19)27/h1-12,14,22H,13H2,(H,26,30). The second-order valence-electron chi connectivity index (χ2n) is 7.05. The predicted octanol–water partition coefficient (Wildman–Crippen LogP) is 4.63. The minimum Gasteiger partial charge on any atom is -0.446 e. The summed E-state index contributed by atoms with van der Waals surface area (Å²) in [6, 6.07) is 19.9. The molecule has 0 aliphatic heterocycles. The van der Waals surface area contributed by atoms with E-state index in [1.165, 1.54) is 24.5 Å². The van der Waals surface area contributed by atoms with Gasteiger partial charge in [-0.15, -0.1) is 0 Å². The number of carbonyl (C=O) groups is 2. The Kier molecular flexibility index (Phi) is 6.45. The highest BCUT2D eigenvalue weighted by atomic mass is 79.9. The molecule has 9 nitrogen and oxygen atoms in total. The van der Waals surface area contributed by atoms with E-state index in [0.29, 0.717) is 15.7 Å². The molecule has 0 radical (unpaired) electrons. The average Bonchev–Trinajstić information content (AvgIpc) is 3.22. The number of para-hydroxylation sites is 2. The van der Waals surface area contributed by atoms with E-state index in [2.05, 4.69) is 26.2 Å². The lowest BCUT2D eigenvalue weighted by molar-refractivity contribution is -0.384. The van der Waals surface area contributed by atoms with Gasteiger partial charge in [-0.2, -0.15) is 0 Å². The number of nitro groups is 1. The van der Waals surface area contributed by atoms with Crippen LogP contribution in [-0.2, 0) is 20.9 Å². The zero-order valence-corrected chi connectivity index (χ0v) is 18.6. The predicted molar refractivity (Wildman–Crippen MR) is 124 cm³/mol. The second kappa shape index (κ2) is 9.61. The summed E-state index contributed by atoms with van der Waals surface area (Å²) >= 11 is 3.23. The summed E-state index contributed by atoms with van der Waals surface area (Å²) in [7, 11) is 0. The lowest BCUT2D eigenvalue weighted by atomic mass is 10.1. The van der Waals surface area contributed by atoms with Gasteiger partial charge in [-0.1, -0.05) is 42.5 Å². The zero-order valence-electron chi connectivity index (χ0n) is 17.1. The van der Waals surface area contributed by atoms with Crippen LogP contribution in [0.15, 0.2) is 83.6 Å². The Balaban J connectivity index is 1.54. The van der Waals surface area contributed by atoms with Gasteiger partial charge in [-0.25, -0.2) is 4.98 Å². The van der Waals surface area contributed by atoms with Crippen LogP contribution < -0.4 is 5.32 Å². The fourth-order valence-electron chi connectivity index (χ4n) is 3.26. The quantitative estimate of drug-likeness (QED) is 0.221. The van der Waals surface area contributed by atoms with Crippen LogP contribution in [0.3, 0.4) is 0 Å². The van der Waals surface area contributed by atoms with Crippen molar-refractivity contribution in [3.05, 3.63) is 99.3 Å². The first kappa shape index (κ1) is 22.2. The van der Waals surface area contributed by atoms with Crippen LogP contribution in [0.1, 0.15) is 11.7 Å². The third-order valence-electron chi connectivity index (χ3n) is 4.84. The lowest BCUT2D eigenvalue weighted by Gasteiger charge is -2.19. The van der Waals surface area contributed by atoms with Gasteiger partial charge >= 0.3 is 5.97 Å². The van der Waals surface area contributed by atoms with Crippen molar-refractivity contribution in [1.82, 2.24) is 9.55 Å². The summed E-state index contributed by atoms with van der Waals surface area (Å²) < 4.78 is 7.54. The van der Waals surface area contributed by atoms with Gasteiger partial charge in [0.15, 0.2) is 0 Å². The number of halogens is 1. The highest BCUT2D eigenvalue weighted by Gasteiger charge is 2.26. The molecule has 4 aromatic rings. The topological polar surface area (TPSA) is 116 Å². The number of imidazole rings is 1. The first-order valence-corrected chi connectivity index (χ1v) is 10.6. The molecule has 1 aromatic heterocycles. The normalized spacial score (nSPS) is 11.7. The molecule has 1 unspecified atom stereocenters. The lowest BCUT2D eigenvalue weighted by Crippen LogP contribution is -2.27. The van der Waals surface area contributed by atoms with Crippen molar-refractivity contribution >= 4 is 50.2 Å². The molecule has 0 saturated carbocycles. The van der Waals surface area contributed by atoms with Crippen LogP contribution in [0.2, 0.25) is 0 Å². The van der Waals surface area contributed by atoms with Crippen molar-refractivity contribution in [1.29, 1.82) is 0 Å². The van der Waals surface area contributed by atoms with Gasteiger partial charge in [0.1, 0.15) is 6.54 Å². The fraction of sp³-hybridized carbons (Fsp3) is 0.0870. The van der Waals surface area contributed by atoms with Crippen LogP contribution >= 0.6 is 15.9 Å². The van der Waals surface area contributed by atoms with Crippen molar-refractivity contribution in [3.8, 4) is 0 Å². The summed E-state index contributed by atoms with van der Waals surface area (Å²) in [6.45, 7) is -0.127. The minimum absolute atomic E-state index is 0.126. The molecule has 0 bridgehead atoms. The van der Waals surface area contributed by atoms with E-state index in [4.69, 9.17) is 4.74 Å². The second-order valence-corrected chi connectivity index (χ2v) is 7.91. The summed E-state index contributed by atoms with van der Waals surface area (Å²) in [5.41, 5.74) is 2.18. The molecule has 1 heterocycles. The number of fused-ring (bicyclic) bond motifs is 1. The minimum atomic E-state index is -1.23. The molecule has 3 aromatic carbocycles. The molecule has 4 rings (SSSR count). The molecule has 10 heteroatoms. The number of amides is 1. The van der Waals surface area contributed by atoms with Crippen LogP contribution in [0.5, 0.6) is 0 Å². The van der Waals surface area contributed by atoms with E-state index < -0.39 is 22.9 Å². The number of aromatic nitrogens is 2. The Morgan fingerprint density at radius 3 is 2.55 bits per heavy atom. The SMILES string of the molecule is O=C(Cn1cnc2ccccc21)OC(C(=O)Nc1ccc([N+](=O)[O-])cc1Br)c1ccccc1. The molecule has 1 amide bonds. The van der Waals surface area contributed by atoms with Gasteiger partial charge in [0.05, 0.1) is 28.0 Å². The van der Waals surface area contributed by atoms with E-state index in [-0.39, 0.29) is 12.2 Å². The number of carbonyl (C=O) groups excluding carboxylic acids is 2. The maximum Gasteiger partial charge on any atom is 0.327 e. The van der Waals surface area contributed by atoms with Crippen LogP contribution in [0.4, 0.5) is 11.4 Å². The third-order valence-corrected chi connectivity index (χ3v) is 5.49. The smallest absolute Gasteiger partial charge is 0.327 e. The maximum absolute atomic E-state index is 13.1. The highest BCUT2D eigenvalue weighted by molar-refractivity contribution is 9.10. The monoisotopic (exact) mass is 508 g/mol. The van der Waals surface area contributed by atoms with Crippen LogP contribution in [-0.4, -0.2) is 26.4 Å². The van der Waals surface area contributed by atoms with Gasteiger partial charge in [-0.3, -0.25) is 19.7 Å². The van der Waals surface area contributed by atoms with Gasteiger partial charge in [-0.05, 0) is 34.1 Å². The molecule has 166 valence electrons.